The van der Waals surface area contributed by atoms with Gasteiger partial charge in [-0.25, -0.2) is 0 Å². The van der Waals surface area contributed by atoms with Crippen LogP contribution in [0.1, 0.15) is 103 Å². The van der Waals surface area contributed by atoms with Crippen molar-refractivity contribution in [3.05, 3.63) is 0 Å². The first kappa shape index (κ1) is 21.6. The zero-order chi connectivity index (χ0) is 18.5. The zero-order valence-electron chi connectivity index (χ0n) is 16.8. The summed E-state index contributed by atoms with van der Waals surface area (Å²) >= 11 is -4.87. The van der Waals surface area contributed by atoms with Gasteiger partial charge in [-0.2, -0.15) is 0 Å². The Hall–Kier alpha value is 0.940. The van der Waals surface area contributed by atoms with Gasteiger partial charge in [0.25, 0.3) is 0 Å². The summed E-state index contributed by atoms with van der Waals surface area (Å²) in [6.07, 6.45) is 19.4. The Balaban J connectivity index is 1.96. The number of hydrogen-bond donors (Lipinski definition) is 2. The fourth-order valence-corrected chi connectivity index (χ4v) is 21.8. The van der Waals surface area contributed by atoms with Crippen LogP contribution in [-0.4, -0.2) is 21.3 Å². The van der Waals surface area contributed by atoms with Gasteiger partial charge >= 0.3 is 168 Å². The molecule has 152 valence electrons. The first-order valence-electron chi connectivity index (χ1n) is 11.4. The molecule has 0 amide bonds. The summed E-state index contributed by atoms with van der Waals surface area (Å²) in [5, 5.41) is 0. The number of hydrogen-bond acceptors (Lipinski definition) is 4. The average Bonchev–Trinajstić information content (AvgIpc) is 2.68. The van der Waals surface area contributed by atoms with Crippen molar-refractivity contribution in [2.45, 2.75) is 120 Å². The maximum atomic E-state index is 10.8. The van der Waals surface area contributed by atoms with E-state index in [0.717, 1.165) is 0 Å². The molecule has 0 aliphatic heterocycles. The molecule has 0 aromatic rings. The van der Waals surface area contributed by atoms with Gasteiger partial charge in [0, 0.05) is 0 Å². The van der Waals surface area contributed by atoms with E-state index in [1.54, 1.807) is 0 Å². The van der Waals surface area contributed by atoms with Gasteiger partial charge in [-0.05, 0) is 0 Å². The van der Waals surface area contributed by atoms with E-state index in [0.29, 0.717) is 23.2 Å². The molecule has 0 aromatic heterocycles. The molecule has 3 rings (SSSR count). The molecule has 0 atom stereocenters. The van der Waals surface area contributed by atoms with Crippen molar-refractivity contribution >= 4 is 8.32 Å². The summed E-state index contributed by atoms with van der Waals surface area (Å²) in [5.74, 6) is 0. The van der Waals surface area contributed by atoms with Crippen molar-refractivity contribution in [2.24, 2.45) is 0 Å². The second kappa shape index (κ2) is 10.1. The van der Waals surface area contributed by atoms with Gasteiger partial charge in [0.05, 0.1) is 0 Å². The summed E-state index contributed by atoms with van der Waals surface area (Å²) < 4.78 is 33.8. The van der Waals surface area contributed by atoms with E-state index >= 15 is 0 Å². The number of rotatable bonds is 7. The van der Waals surface area contributed by atoms with E-state index < -0.39 is 30.3 Å². The normalized spacial score (nSPS) is 25.5. The fourth-order valence-electron chi connectivity index (χ4n) is 6.36. The third-order valence-electron chi connectivity index (χ3n) is 7.37. The maximum absolute atomic E-state index is 10.8. The van der Waals surface area contributed by atoms with Crippen LogP contribution in [0.5, 0.6) is 0 Å². The molecule has 3 fully saturated rings. The van der Waals surface area contributed by atoms with Crippen molar-refractivity contribution in [1.29, 1.82) is 0 Å². The van der Waals surface area contributed by atoms with Crippen LogP contribution in [0.3, 0.4) is 0 Å². The van der Waals surface area contributed by atoms with E-state index in [4.69, 9.17) is 5.32 Å². The molecular formula is C20H40O4SiZr. The van der Waals surface area contributed by atoms with E-state index in [1.807, 2.05) is 6.92 Å². The van der Waals surface area contributed by atoms with Crippen LogP contribution in [-0.2, 0) is 27.3 Å². The standard InChI is InChI=1S/C18H33OSi.C2H5O.2H2O.Zr/c19-20(16-10-4-1-5-11-16,17-12-6-2-7-13-17)18-14-8-3-9-15-18;1-2-3;;;/h16-18H,1-15H2;2H2,1H3;2*1H2;/q2*-1;;;+4/p-2. The predicted octanol–water partition coefficient (Wildman–Crippen LogP) is 5.79. The molecule has 0 unspecified atom stereocenters. The van der Waals surface area contributed by atoms with Gasteiger partial charge in [0.15, 0.2) is 0 Å². The molecule has 0 heterocycles. The van der Waals surface area contributed by atoms with Crippen LogP contribution in [0, 0.1) is 0 Å². The Morgan fingerprint density at radius 1 is 0.692 bits per heavy atom. The molecule has 0 bridgehead atoms. The van der Waals surface area contributed by atoms with E-state index in [2.05, 4.69) is 0 Å². The summed E-state index contributed by atoms with van der Waals surface area (Å²) in [5.41, 5.74) is 1.87. The van der Waals surface area contributed by atoms with Gasteiger partial charge in [-0.1, -0.05) is 0 Å². The molecule has 0 spiro atoms. The molecule has 26 heavy (non-hydrogen) atoms. The van der Waals surface area contributed by atoms with E-state index in [1.165, 1.54) is 96.3 Å². The van der Waals surface area contributed by atoms with Gasteiger partial charge in [-0.3, -0.25) is 0 Å². The van der Waals surface area contributed by atoms with Crippen molar-refractivity contribution in [3.63, 3.8) is 0 Å². The summed E-state index contributed by atoms with van der Waals surface area (Å²) in [4.78, 5) is 0. The fraction of sp³-hybridized carbons (Fsp3) is 1.00. The second-order valence-electron chi connectivity index (χ2n) is 8.94. The minimum absolute atomic E-state index is 0.355. The van der Waals surface area contributed by atoms with Crippen LogP contribution < -0.4 is 0 Å². The van der Waals surface area contributed by atoms with Crippen molar-refractivity contribution in [2.75, 3.05) is 6.61 Å². The van der Waals surface area contributed by atoms with Gasteiger partial charge in [-0.15, -0.1) is 0 Å². The zero-order valence-corrected chi connectivity index (χ0v) is 20.2. The predicted molar refractivity (Wildman–Crippen MR) is 103 cm³/mol. The Morgan fingerprint density at radius 3 is 1.35 bits per heavy atom. The van der Waals surface area contributed by atoms with Crippen molar-refractivity contribution in [3.8, 4) is 0 Å². The van der Waals surface area contributed by atoms with Gasteiger partial charge in [0.2, 0.25) is 0 Å². The minimum atomic E-state index is -4.87. The molecule has 0 aromatic carbocycles. The summed E-state index contributed by atoms with van der Waals surface area (Å²) in [7, 11) is -2.30. The molecule has 3 aliphatic carbocycles. The second-order valence-corrected chi connectivity index (χ2v) is 18.2. The molecule has 3 aliphatic rings. The van der Waals surface area contributed by atoms with Gasteiger partial charge < -0.3 is 0 Å². The average molecular weight is 464 g/mol. The molecule has 2 N–H and O–H groups in total. The van der Waals surface area contributed by atoms with Crippen molar-refractivity contribution in [1.82, 2.24) is 0 Å². The van der Waals surface area contributed by atoms with E-state index in [9.17, 15) is 6.37 Å². The SMILES string of the molecule is CC[O][Zr]([OH])([OH])[O][Si](C1CCCCC1)(C1CCCCC1)C1CCCCC1. The van der Waals surface area contributed by atoms with Gasteiger partial charge in [0.1, 0.15) is 0 Å². The van der Waals surface area contributed by atoms with Crippen LogP contribution in [0.15, 0.2) is 0 Å². The van der Waals surface area contributed by atoms with Crippen LogP contribution in [0.4, 0.5) is 0 Å². The third kappa shape index (κ3) is 5.10. The molecule has 3 saturated carbocycles. The van der Waals surface area contributed by atoms with E-state index in [-0.39, 0.29) is 0 Å². The Morgan fingerprint density at radius 2 is 1.04 bits per heavy atom. The summed E-state index contributed by atoms with van der Waals surface area (Å²) in [6.45, 7) is 2.21. The Kier molecular flexibility index (Phi) is 8.42. The molecule has 0 saturated heterocycles. The Bertz CT molecular complexity index is 370. The molecule has 4 nitrogen and oxygen atoms in total. The van der Waals surface area contributed by atoms with Crippen molar-refractivity contribution < 1.29 is 33.7 Å². The topological polar surface area (TPSA) is 58.9 Å². The molecule has 6 heteroatoms. The third-order valence-corrected chi connectivity index (χ3v) is 19.8. The van der Waals surface area contributed by atoms with Crippen LogP contribution in [0.2, 0.25) is 16.6 Å². The molecular weight excluding hydrogens is 424 g/mol. The molecule has 0 radical (unpaired) electrons. The first-order chi connectivity index (χ1) is 12.6. The monoisotopic (exact) mass is 462 g/mol. The van der Waals surface area contributed by atoms with Crippen LogP contribution >= 0.6 is 0 Å². The Labute approximate surface area is 168 Å². The quantitative estimate of drug-likeness (QED) is 0.469. The van der Waals surface area contributed by atoms with Crippen LogP contribution in [0.25, 0.3) is 0 Å². The summed E-state index contributed by atoms with van der Waals surface area (Å²) in [6, 6.07) is 0. The first-order valence-corrected chi connectivity index (χ1v) is 17.7.